The number of rotatable bonds is 8. The lowest BCUT2D eigenvalue weighted by Crippen LogP contribution is -2.28. The van der Waals surface area contributed by atoms with Gasteiger partial charge >= 0.3 is 11.9 Å². The number of carbonyl (C=O) groups is 3. The highest BCUT2D eigenvalue weighted by Gasteiger charge is 2.27. The second-order valence-corrected chi connectivity index (χ2v) is 8.86. The molecule has 0 amide bonds. The Morgan fingerprint density at radius 1 is 1.08 bits per heavy atom. The summed E-state index contributed by atoms with van der Waals surface area (Å²) in [6, 6.07) is 12.8. The Hall–Kier alpha value is -4.70. The number of Topliss-reactive ketones (excluding diaryl/α,β-unsaturated/α-hetero) is 1. The van der Waals surface area contributed by atoms with Crippen LogP contribution in [0.1, 0.15) is 57.3 Å². The lowest BCUT2D eigenvalue weighted by molar-refractivity contribution is -0.118. The van der Waals surface area contributed by atoms with Gasteiger partial charge in [0, 0.05) is 13.2 Å². The minimum Gasteiger partial charge on any atom is -0.462 e. The van der Waals surface area contributed by atoms with Gasteiger partial charge in [0.2, 0.25) is 0 Å². The molecule has 0 saturated carbocycles. The van der Waals surface area contributed by atoms with Crippen LogP contribution in [0, 0.1) is 5.82 Å². The lowest BCUT2D eigenvalue weighted by Gasteiger charge is -2.16. The molecule has 0 bridgehead atoms. The van der Waals surface area contributed by atoms with E-state index < -0.39 is 34.9 Å². The average Bonchev–Trinajstić information content (AvgIpc) is 2.92. The van der Waals surface area contributed by atoms with E-state index in [4.69, 9.17) is 15.2 Å². The molecule has 0 aliphatic carbocycles. The van der Waals surface area contributed by atoms with Crippen LogP contribution in [0.4, 0.5) is 4.39 Å². The Labute approximate surface area is 223 Å². The van der Waals surface area contributed by atoms with Crippen molar-refractivity contribution in [2.45, 2.75) is 26.3 Å². The van der Waals surface area contributed by atoms with E-state index >= 15 is 0 Å². The molecule has 0 aliphatic rings. The van der Waals surface area contributed by atoms with Crippen molar-refractivity contribution < 1.29 is 28.2 Å². The zero-order valence-corrected chi connectivity index (χ0v) is 21.6. The Morgan fingerprint density at radius 3 is 2.46 bits per heavy atom. The molecule has 39 heavy (non-hydrogen) atoms. The highest BCUT2D eigenvalue weighted by Crippen LogP contribution is 2.29. The maximum atomic E-state index is 13.9. The standard InChI is InChI=1S/C29H26FN3O6/c1-4-38-29(37)23-26(39-28(36)18-8-6-5-7-9-18)25-22(33(3)27(23)35)13-17(15-32-25)12-19-10-11-20(30)14-21(19)24(31)16(2)34/h5-11,13-15,24H,4,12,31H2,1-3H3. The summed E-state index contributed by atoms with van der Waals surface area (Å²) in [7, 11) is 1.45. The average molecular weight is 532 g/mol. The number of hydrogen-bond donors (Lipinski definition) is 1. The molecule has 1 atom stereocenters. The van der Waals surface area contributed by atoms with Crippen molar-refractivity contribution in [1.82, 2.24) is 9.55 Å². The van der Waals surface area contributed by atoms with Gasteiger partial charge < -0.3 is 19.8 Å². The van der Waals surface area contributed by atoms with E-state index in [0.717, 1.165) is 0 Å². The van der Waals surface area contributed by atoms with Crippen molar-refractivity contribution in [3.63, 3.8) is 0 Å². The van der Waals surface area contributed by atoms with Crippen molar-refractivity contribution in [2.75, 3.05) is 6.61 Å². The Morgan fingerprint density at radius 2 is 1.79 bits per heavy atom. The van der Waals surface area contributed by atoms with E-state index in [1.54, 1.807) is 31.2 Å². The van der Waals surface area contributed by atoms with Crippen LogP contribution in [-0.4, -0.2) is 33.9 Å². The molecular formula is C29H26FN3O6. The molecule has 1 unspecified atom stereocenters. The Balaban J connectivity index is 1.85. The molecular weight excluding hydrogens is 505 g/mol. The summed E-state index contributed by atoms with van der Waals surface area (Å²) in [5.74, 6) is -2.89. The number of nitrogens with zero attached hydrogens (tertiary/aromatic N) is 2. The Kier molecular flexibility index (Phi) is 7.96. The van der Waals surface area contributed by atoms with Gasteiger partial charge in [0.25, 0.3) is 5.56 Å². The predicted octanol–water partition coefficient (Wildman–Crippen LogP) is 3.65. The molecule has 4 rings (SSSR count). The Bertz CT molecular complexity index is 1650. The number of hydrogen-bond acceptors (Lipinski definition) is 8. The van der Waals surface area contributed by atoms with Crippen molar-refractivity contribution >= 4 is 28.8 Å². The SMILES string of the molecule is CCOC(=O)c1c(OC(=O)c2ccccc2)c2ncc(Cc3ccc(F)cc3C(N)C(C)=O)cc2n(C)c1=O. The highest BCUT2D eigenvalue weighted by molar-refractivity contribution is 6.01. The summed E-state index contributed by atoms with van der Waals surface area (Å²) in [5.41, 5.74) is 6.94. The summed E-state index contributed by atoms with van der Waals surface area (Å²) >= 11 is 0. The number of fused-ring (bicyclic) bond motifs is 1. The van der Waals surface area contributed by atoms with Crippen molar-refractivity contribution in [3.05, 3.63) is 105 Å². The first-order valence-corrected chi connectivity index (χ1v) is 12.1. The molecule has 0 fully saturated rings. The third-order valence-corrected chi connectivity index (χ3v) is 6.21. The van der Waals surface area contributed by atoms with Gasteiger partial charge in [0.15, 0.2) is 17.1 Å². The molecule has 0 radical (unpaired) electrons. The number of ketones is 1. The minimum atomic E-state index is -1.01. The third-order valence-electron chi connectivity index (χ3n) is 6.21. The number of esters is 2. The number of ether oxygens (including phenoxy) is 2. The molecule has 2 aromatic heterocycles. The second-order valence-electron chi connectivity index (χ2n) is 8.86. The largest absolute Gasteiger partial charge is 0.462 e. The molecule has 0 saturated heterocycles. The number of carbonyl (C=O) groups excluding carboxylic acids is 3. The molecule has 4 aromatic rings. The fraction of sp³-hybridized carbons (Fsp3) is 0.207. The monoisotopic (exact) mass is 531 g/mol. The topological polar surface area (TPSA) is 131 Å². The second kappa shape index (κ2) is 11.4. The van der Waals surface area contributed by atoms with Crippen molar-refractivity contribution in [1.29, 1.82) is 0 Å². The van der Waals surface area contributed by atoms with Crippen LogP contribution in [0.15, 0.2) is 65.6 Å². The smallest absolute Gasteiger partial charge is 0.347 e. The van der Waals surface area contributed by atoms with Gasteiger partial charge in [-0.1, -0.05) is 24.3 Å². The van der Waals surface area contributed by atoms with Gasteiger partial charge in [0.1, 0.15) is 11.3 Å². The van der Waals surface area contributed by atoms with Crippen LogP contribution >= 0.6 is 0 Å². The van der Waals surface area contributed by atoms with Gasteiger partial charge in [-0.2, -0.15) is 0 Å². The fourth-order valence-electron chi connectivity index (χ4n) is 4.18. The van der Waals surface area contributed by atoms with E-state index in [-0.39, 0.29) is 41.2 Å². The number of aryl methyl sites for hydroxylation is 1. The minimum absolute atomic E-state index is 0.000859. The van der Waals surface area contributed by atoms with Gasteiger partial charge in [-0.3, -0.25) is 14.6 Å². The van der Waals surface area contributed by atoms with E-state index in [1.807, 2.05) is 0 Å². The zero-order chi connectivity index (χ0) is 28.3. The van der Waals surface area contributed by atoms with Crippen LogP contribution in [0.2, 0.25) is 0 Å². The first kappa shape index (κ1) is 27.3. The normalized spacial score (nSPS) is 11.7. The summed E-state index contributed by atoms with van der Waals surface area (Å²) in [4.78, 5) is 55.3. The van der Waals surface area contributed by atoms with Crippen LogP contribution in [0.3, 0.4) is 0 Å². The molecule has 9 nitrogen and oxygen atoms in total. The fourth-order valence-corrected chi connectivity index (χ4v) is 4.18. The molecule has 0 aliphatic heterocycles. The number of benzene rings is 2. The number of pyridine rings is 2. The van der Waals surface area contributed by atoms with E-state index in [0.29, 0.717) is 16.7 Å². The van der Waals surface area contributed by atoms with Crippen LogP contribution in [0.5, 0.6) is 5.75 Å². The molecule has 2 heterocycles. The van der Waals surface area contributed by atoms with E-state index in [1.165, 1.54) is 55.1 Å². The highest BCUT2D eigenvalue weighted by atomic mass is 19.1. The number of aromatic nitrogens is 2. The summed E-state index contributed by atoms with van der Waals surface area (Å²) < 4.78 is 25.8. The first-order valence-electron chi connectivity index (χ1n) is 12.1. The van der Waals surface area contributed by atoms with Crippen LogP contribution in [-0.2, 0) is 23.0 Å². The molecule has 200 valence electrons. The van der Waals surface area contributed by atoms with Crippen LogP contribution < -0.4 is 16.0 Å². The number of nitrogens with two attached hydrogens (primary N) is 1. The molecule has 2 aromatic carbocycles. The predicted molar refractivity (Wildman–Crippen MR) is 141 cm³/mol. The lowest BCUT2D eigenvalue weighted by atomic mass is 9.94. The van der Waals surface area contributed by atoms with Crippen molar-refractivity contribution in [3.8, 4) is 5.75 Å². The van der Waals surface area contributed by atoms with E-state index in [2.05, 4.69) is 4.98 Å². The zero-order valence-electron chi connectivity index (χ0n) is 21.6. The maximum absolute atomic E-state index is 13.9. The molecule has 10 heteroatoms. The number of halogens is 1. The van der Waals surface area contributed by atoms with Gasteiger partial charge in [0.05, 0.1) is 23.7 Å². The van der Waals surface area contributed by atoms with Crippen LogP contribution in [0.25, 0.3) is 11.0 Å². The summed E-state index contributed by atoms with van der Waals surface area (Å²) in [5, 5.41) is 0. The van der Waals surface area contributed by atoms with Gasteiger partial charge in [-0.25, -0.2) is 14.0 Å². The van der Waals surface area contributed by atoms with E-state index in [9.17, 15) is 23.6 Å². The maximum Gasteiger partial charge on any atom is 0.347 e. The van der Waals surface area contributed by atoms with Gasteiger partial charge in [-0.15, -0.1) is 0 Å². The first-order chi connectivity index (χ1) is 18.6. The molecule has 2 N–H and O–H groups in total. The third kappa shape index (κ3) is 5.60. The summed E-state index contributed by atoms with van der Waals surface area (Å²) in [6.45, 7) is 2.91. The summed E-state index contributed by atoms with van der Waals surface area (Å²) in [6.07, 6.45) is 1.69. The quantitative estimate of drug-likeness (QED) is 0.341. The molecule has 0 spiro atoms. The van der Waals surface area contributed by atoms with Crippen molar-refractivity contribution in [2.24, 2.45) is 12.8 Å². The van der Waals surface area contributed by atoms with Gasteiger partial charge in [-0.05, 0) is 67.3 Å².